The summed E-state index contributed by atoms with van der Waals surface area (Å²) in [7, 11) is 0. The fourth-order valence-corrected chi connectivity index (χ4v) is 5.00. The van der Waals surface area contributed by atoms with Gasteiger partial charge in [-0.05, 0) is 92.7 Å². The first-order valence-electron chi connectivity index (χ1n) is 10.1. The molecule has 0 amide bonds. The molecule has 0 bridgehead atoms. The standard InChI is InChI=1S/C23H32O2/c1-3-16-5-7-17(8-6-16)18-9-11-19(12-10-18)20-13-14-21(22(24)4-2)23(25)15-20/h3,13-19,25H,1,4-12H2,2H3. The third-order valence-electron chi connectivity index (χ3n) is 6.70. The predicted molar refractivity (Wildman–Crippen MR) is 103 cm³/mol. The highest BCUT2D eigenvalue weighted by Gasteiger charge is 2.30. The van der Waals surface area contributed by atoms with E-state index in [-0.39, 0.29) is 11.5 Å². The summed E-state index contributed by atoms with van der Waals surface area (Å²) in [6.45, 7) is 5.79. The smallest absolute Gasteiger partial charge is 0.166 e. The number of allylic oxidation sites excluding steroid dienone is 1. The number of aromatic hydroxyl groups is 1. The van der Waals surface area contributed by atoms with Crippen LogP contribution in [0.5, 0.6) is 5.75 Å². The third kappa shape index (κ3) is 4.16. The summed E-state index contributed by atoms with van der Waals surface area (Å²) in [6, 6.07) is 5.71. The van der Waals surface area contributed by atoms with Crippen molar-refractivity contribution >= 4 is 5.78 Å². The van der Waals surface area contributed by atoms with Crippen molar-refractivity contribution in [2.75, 3.05) is 0 Å². The van der Waals surface area contributed by atoms with E-state index in [4.69, 9.17) is 0 Å². The molecule has 0 aliphatic heterocycles. The third-order valence-corrected chi connectivity index (χ3v) is 6.70. The Labute approximate surface area is 152 Å². The number of carbonyl (C=O) groups excluding carboxylic acids is 1. The van der Waals surface area contributed by atoms with Crippen LogP contribution in [-0.2, 0) is 0 Å². The Bertz CT molecular complexity index is 603. The van der Waals surface area contributed by atoms with E-state index in [1.54, 1.807) is 0 Å². The minimum atomic E-state index is 0.0166. The van der Waals surface area contributed by atoms with Crippen LogP contribution in [0.3, 0.4) is 0 Å². The average molecular weight is 341 g/mol. The molecule has 3 rings (SSSR count). The van der Waals surface area contributed by atoms with Gasteiger partial charge in [0, 0.05) is 6.42 Å². The summed E-state index contributed by atoms with van der Waals surface area (Å²) in [4.78, 5) is 11.8. The molecule has 136 valence electrons. The minimum absolute atomic E-state index is 0.0166. The molecule has 0 radical (unpaired) electrons. The molecule has 2 heteroatoms. The molecule has 0 atom stereocenters. The Morgan fingerprint density at radius 1 is 1.08 bits per heavy atom. The van der Waals surface area contributed by atoms with E-state index in [0.29, 0.717) is 17.9 Å². The number of carbonyl (C=O) groups is 1. The maximum Gasteiger partial charge on any atom is 0.166 e. The summed E-state index contributed by atoms with van der Waals surface area (Å²) >= 11 is 0. The second-order valence-corrected chi connectivity index (χ2v) is 8.08. The van der Waals surface area contributed by atoms with Gasteiger partial charge in [0.15, 0.2) is 5.78 Å². The lowest BCUT2D eigenvalue weighted by Crippen LogP contribution is -2.25. The van der Waals surface area contributed by atoms with E-state index < -0.39 is 0 Å². The number of hydrogen-bond donors (Lipinski definition) is 1. The Hall–Kier alpha value is -1.57. The monoisotopic (exact) mass is 340 g/mol. The van der Waals surface area contributed by atoms with Crippen LogP contribution in [0.4, 0.5) is 0 Å². The highest BCUT2D eigenvalue weighted by Crippen LogP contribution is 2.44. The molecule has 2 nitrogen and oxygen atoms in total. The first-order chi connectivity index (χ1) is 12.1. The quantitative estimate of drug-likeness (QED) is 0.508. The lowest BCUT2D eigenvalue weighted by atomic mass is 9.68. The van der Waals surface area contributed by atoms with Gasteiger partial charge in [-0.15, -0.1) is 6.58 Å². The number of ketones is 1. The molecule has 0 unspecified atom stereocenters. The van der Waals surface area contributed by atoms with Crippen LogP contribution >= 0.6 is 0 Å². The van der Waals surface area contributed by atoms with E-state index in [9.17, 15) is 9.90 Å². The number of Topliss-reactive ketones (excluding diaryl/α,β-unsaturated/α-hetero) is 1. The average Bonchev–Trinajstić information content (AvgIpc) is 2.67. The van der Waals surface area contributed by atoms with Crippen LogP contribution in [0.15, 0.2) is 30.9 Å². The van der Waals surface area contributed by atoms with Crippen LogP contribution in [0, 0.1) is 17.8 Å². The van der Waals surface area contributed by atoms with Crippen LogP contribution in [0.1, 0.15) is 86.6 Å². The van der Waals surface area contributed by atoms with E-state index in [1.165, 1.54) is 56.9 Å². The van der Waals surface area contributed by atoms with E-state index >= 15 is 0 Å². The van der Waals surface area contributed by atoms with Crippen LogP contribution < -0.4 is 0 Å². The van der Waals surface area contributed by atoms with E-state index in [0.717, 1.165) is 17.8 Å². The zero-order chi connectivity index (χ0) is 17.8. The normalized spacial score (nSPS) is 30.0. The van der Waals surface area contributed by atoms with Crippen molar-refractivity contribution in [2.24, 2.45) is 17.8 Å². The van der Waals surface area contributed by atoms with Crippen molar-refractivity contribution in [3.8, 4) is 5.75 Å². The van der Waals surface area contributed by atoms with Crippen LogP contribution in [0.25, 0.3) is 0 Å². The molecular formula is C23H32O2. The zero-order valence-corrected chi connectivity index (χ0v) is 15.5. The molecular weight excluding hydrogens is 308 g/mol. The lowest BCUT2D eigenvalue weighted by Gasteiger charge is -2.37. The van der Waals surface area contributed by atoms with Crippen LogP contribution in [-0.4, -0.2) is 10.9 Å². The predicted octanol–water partition coefficient (Wildman–Crippen LogP) is 6.25. The fraction of sp³-hybridized carbons (Fsp3) is 0.609. The van der Waals surface area contributed by atoms with Crippen molar-refractivity contribution in [3.05, 3.63) is 42.0 Å². The topological polar surface area (TPSA) is 37.3 Å². The van der Waals surface area contributed by atoms with Gasteiger partial charge in [0.2, 0.25) is 0 Å². The van der Waals surface area contributed by atoms with Gasteiger partial charge in [-0.3, -0.25) is 4.79 Å². The van der Waals surface area contributed by atoms with Gasteiger partial charge in [-0.1, -0.05) is 19.1 Å². The highest BCUT2D eigenvalue weighted by atomic mass is 16.3. The molecule has 0 aromatic heterocycles. The summed E-state index contributed by atoms with van der Waals surface area (Å²) < 4.78 is 0. The highest BCUT2D eigenvalue weighted by molar-refractivity contribution is 5.98. The van der Waals surface area contributed by atoms with Crippen LogP contribution in [0.2, 0.25) is 0 Å². The molecule has 1 N–H and O–H groups in total. The molecule has 0 heterocycles. The van der Waals surface area contributed by atoms with E-state index in [1.807, 2.05) is 19.1 Å². The van der Waals surface area contributed by atoms with Gasteiger partial charge in [0.1, 0.15) is 5.75 Å². The number of phenolic OH excluding ortho intramolecular Hbond substituents is 1. The second-order valence-electron chi connectivity index (χ2n) is 8.08. The largest absolute Gasteiger partial charge is 0.507 e. The number of rotatable bonds is 5. The maximum absolute atomic E-state index is 11.8. The van der Waals surface area contributed by atoms with E-state index in [2.05, 4.69) is 18.7 Å². The molecule has 1 aromatic rings. The number of benzene rings is 1. The van der Waals surface area contributed by atoms with Gasteiger partial charge in [-0.25, -0.2) is 0 Å². The summed E-state index contributed by atoms with van der Waals surface area (Å²) in [5, 5.41) is 10.2. The Kier molecular flexibility index (Phi) is 5.98. The first kappa shape index (κ1) is 18.2. The first-order valence-corrected chi connectivity index (χ1v) is 10.1. The van der Waals surface area contributed by atoms with Crippen molar-refractivity contribution in [2.45, 2.75) is 70.6 Å². The molecule has 1 aromatic carbocycles. The summed E-state index contributed by atoms with van der Waals surface area (Å²) in [6.07, 6.45) is 13.0. The van der Waals surface area contributed by atoms with Crippen molar-refractivity contribution in [1.82, 2.24) is 0 Å². The molecule has 2 fully saturated rings. The van der Waals surface area contributed by atoms with Gasteiger partial charge >= 0.3 is 0 Å². The molecule has 0 saturated heterocycles. The van der Waals surface area contributed by atoms with Crippen molar-refractivity contribution in [1.29, 1.82) is 0 Å². The van der Waals surface area contributed by atoms with Gasteiger partial charge < -0.3 is 5.11 Å². The van der Waals surface area contributed by atoms with Crippen molar-refractivity contribution in [3.63, 3.8) is 0 Å². The van der Waals surface area contributed by atoms with Crippen molar-refractivity contribution < 1.29 is 9.90 Å². The zero-order valence-electron chi connectivity index (χ0n) is 15.5. The maximum atomic E-state index is 11.8. The molecule has 0 spiro atoms. The van der Waals surface area contributed by atoms with Gasteiger partial charge in [0.05, 0.1) is 5.56 Å². The Morgan fingerprint density at radius 3 is 2.20 bits per heavy atom. The second kappa shape index (κ2) is 8.21. The Balaban J connectivity index is 1.56. The minimum Gasteiger partial charge on any atom is -0.507 e. The lowest BCUT2D eigenvalue weighted by molar-refractivity contribution is 0.0985. The number of hydrogen-bond acceptors (Lipinski definition) is 2. The van der Waals surface area contributed by atoms with Gasteiger partial charge in [0.25, 0.3) is 0 Å². The summed E-state index contributed by atoms with van der Waals surface area (Å²) in [5.41, 5.74) is 1.68. The summed E-state index contributed by atoms with van der Waals surface area (Å²) in [5.74, 6) is 3.26. The molecule has 2 aliphatic rings. The SMILES string of the molecule is C=CC1CCC(C2CCC(c3ccc(C(=O)CC)c(O)c3)CC2)CC1. The number of phenols is 1. The fourth-order valence-electron chi connectivity index (χ4n) is 5.00. The molecule has 2 aliphatic carbocycles. The molecule has 25 heavy (non-hydrogen) atoms. The Morgan fingerprint density at radius 2 is 1.68 bits per heavy atom. The molecule has 2 saturated carbocycles. The van der Waals surface area contributed by atoms with Gasteiger partial charge in [-0.2, -0.15) is 0 Å².